The summed E-state index contributed by atoms with van der Waals surface area (Å²) >= 11 is 0. The van der Waals surface area contributed by atoms with Gasteiger partial charge in [0, 0.05) is 19.7 Å². The maximum Gasteiger partial charge on any atom is 0.246 e. The van der Waals surface area contributed by atoms with Crippen LogP contribution in [0.2, 0.25) is 0 Å². The molecule has 1 saturated carbocycles. The van der Waals surface area contributed by atoms with Gasteiger partial charge in [-0.25, -0.2) is 0 Å². The fourth-order valence-corrected chi connectivity index (χ4v) is 3.20. The molecule has 1 fully saturated rings. The van der Waals surface area contributed by atoms with Crippen LogP contribution >= 0.6 is 0 Å². The molecule has 1 amide bonds. The van der Waals surface area contributed by atoms with Crippen molar-refractivity contribution in [3.05, 3.63) is 29.8 Å². The molecule has 4 nitrogen and oxygen atoms in total. The van der Waals surface area contributed by atoms with Gasteiger partial charge in [-0.05, 0) is 49.5 Å². The Balaban J connectivity index is 1.94. The second kappa shape index (κ2) is 9.36. The van der Waals surface area contributed by atoms with E-state index in [1.54, 1.807) is 13.2 Å². The summed E-state index contributed by atoms with van der Waals surface area (Å²) < 4.78 is 10.8. The number of carbonyl (C=O) groups is 1. The van der Waals surface area contributed by atoms with Gasteiger partial charge in [0.2, 0.25) is 5.91 Å². The summed E-state index contributed by atoms with van der Waals surface area (Å²) in [5.41, 5.74) is 0.926. The van der Waals surface area contributed by atoms with Crippen LogP contribution in [0.1, 0.15) is 44.6 Å². The number of likely N-dealkylation sites (N-methyl/N-ethyl adjacent to an activating group) is 1. The van der Waals surface area contributed by atoms with Crippen molar-refractivity contribution in [2.75, 3.05) is 27.3 Å². The highest BCUT2D eigenvalue weighted by Gasteiger charge is 2.17. The Labute approximate surface area is 145 Å². The van der Waals surface area contributed by atoms with Crippen molar-refractivity contribution in [2.24, 2.45) is 5.92 Å². The first kappa shape index (κ1) is 18.4. The molecule has 0 aliphatic heterocycles. The predicted octanol–water partition coefficient (Wildman–Crippen LogP) is 4.15. The summed E-state index contributed by atoms with van der Waals surface area (Å²) in [6, 6.07) is 5.69. The van der Waals surface area contributed by atoms with Gasteiger partial charge < -0.3 is 14.4 Å². The number of carbonyl (C=O) groups excluding carboxylic acids is 1. The highest BCUT2D eigenvalue weighted by Crippen LogP contribution is 2.28. The zero-order valence-corrected chi connectivity index (χ0v) is 15.1. The van der Waals surface area contributed by atoms with Crippen LogP contribution in [0.15, 0.2) is 24.3 Å². The Hall–Kier alpha value is -1.97. The molecule has 0 saturated heterocycles. The molecule has 2 rings (SSSR count). The molecule has 0 atom stereocenters. The number of amides is 1. The second-order valence-electron chi connectivity index (χ2n) is 6.40. The minimum Gasteiger partial charge on any atom is -0.493 e. The van der Waals surface area contributed by atoms with E-state index >= 15 is 0 Å². The van der Waals surface area contributed by atoms with Crippen LogP contribution in [0.3, 0.4) is 0 Å². The first-order valence-electron chi connectivity index (χ1n) is 8.88. The SMILES string of the molecule is CCOc1ccc(/C=C/C(=O)N(C)CC2CCCCC2)cc1OC. The van der Waals surface area contributed by atoms with Gasteiger partial charge in [0.15, 0.2) is 11.5 Å². The molecule has 1 aromatic carbocycles. The van der Waals surface area contributed by atoms with Crippen LogP contribution in [0.4, 0.5) is 0 Å². The average molecular weight is 331 g/mol. The van der Waals surface area contributed by atoms with Crippen molar-refractivity contribution >= 4 is 12.0 Å². The summed E-state index contributed by atoms with van der Waals surface area (Å²) in [4.78, 5) is 14.1. The molecule has 0 bridgehead atoms. The van der Waals surface area contributed by atoms with Gasteiger partial charge in [-0.3, -0.25) is 4.79 Å². The Morgan fingerprint density at radius 3 is 2.67 bits per heavy atom. The molecule has 1 aliphatic rings. The molecule has 0 N–H and O–H groups in total. The van der Waals surface area contributed by atoms with Crippen LogP contribution < -0.4 is 9.47 Å². The number of benzene rings is 1. The van der Waals surface area contributed by atoms with Crippen molar-refractivity contribution < 1.29 is 14.3 Å². The van der Waals surface area contributed by atoms with E-state index in [0.29, 0.717) is 18.3 Å². The Kier molecular flexibility index (Phi) is 7.16. The highest BCUT2D eigenvalue weighted by atomic mass is 16.5. The van der Waals surface area contributed by atoms with E-state index in [4.69, 9.17) is 9.47 Å². The van der Waals surface area contributed by atoms with Gasteiger partial charge in [0.05, 0.1) is 13.7 Å². The number of methoxy groups -OCH3 is 1. The Bertz CT molecular complexity index is 562. The lowest BCUT2D eigenvalue weighted by Crippen LogP contribution is -2.31. The van der Waals surface area contributed by atoms with Gasteiger partial charge in [-0.15, -0.1) is 0 Å². The molecule has 24 heavy (non-hydrogen) atoms. The summed E-state index contributed by atoms with van der Waals surface area (Å²) in [5.74, 6) is 2.11. The third kappa shape index (κ3) is 5.29. The van der Waals surface area contributed by atoms with Crippen LogP contribution in [-0.4, -0.2) is 38.1 Å². The number of hydrogen-bond donors (Lipinski definition) is 0. The largest absolute Gasteiger partial charge is 0.493 e. The van der Waals surface area contributed by atoms with Crippen LogP contribution in [0, 0.1) is 5.92 Å². The molecule has 0 aromatic heterocycles. The lowest BCUT2D eigenvalue weighted by atomic mass is 9.89. The molecule has 1 aliphatic carbocycles. The van der Waals surface area contributed by atoms with E-state index in [-0.39, 0.29) is 5.91 Å². The normalized spacial score (nSPS) is 15.5. The van der Waals surface area contributed by atoms with Gasteiger partial charge >= 0.3 is 0 Å². The number of rotatable bonds is 7. The van der Waals surface area contributed by atoms with Crippen LogP contribution in [-0.2, 0) is 4.79 Å². The number of ether oxygens (including phenoxy) is 2. The van der Waals surface area contributed by atoms with Crippen molar-refractivity contribution in [1.29, 1.82) is 0 Å². The second-order valence-corrected chi connectivity index (χ2v) is 6.40. The standard InChI is InChI=1S/C20H29NO3/c1-4-24-18-12-10-16(14-19(18)23-3)11-13-20(22)21(2)15-17-8-6-5-7-9-17/h10-14,17H,4-9,15H2,1-3H3/b13-11+. The topological polar surface area (TPSA) is 38.8 Å². The van der Waals surface area contributed by atoms with E-state index in [2.05, 4.69) is 0 Å². The fourth-order valence-electron chi connectivity index (χ4n) is 3.20. The Morgan fingerprint density at radius 1 is 1.25 bits per heavy atom. The monoisotopic (exact) mass is 331 g/mol. The fraction of sp³-hybridized carbons (Fsp3) is 0.550. The molecule has 1 aromatic rings. The Morgan fingerprint density at radius 2 is 2.00 bits per heavy atom. The first-order chi connectivity index (χ1) is 11.6. The molecule has 4 heteroatoms. The van der Waals surface area contributed by atoms with Gasteiger partial charge in [0.1, 0.15) is 0 Å². The van der Waals surface area contributed by atoms with Crippen molar-refractivity contribution in [3.63, 3.8) is 0 Å². The van der Waals surface area contributed by atoms with Crippen molar-refractivity contribution in [1.82, 2.24) is 4.90 Å². The van der Waals surface area contributed by atoms with Crippen LogP contribution in [0.5, 0.6) is 11.5 Å². The van der Waals surface area contributed by atoms with E-state index in [1.165, 1.54) is 32.1 Å². The summed E-state index contributed by atoms with van der Waals surface area (Å²) in [5, 5.41) is 0. The molecule has 0 radical (unpaired) electrons. The maximum absolute atomic E-state index is 12.3. The quantitative estimate of drug-likeness (QED) is 0.705. The third-order valence-corrected chi connectivity index (χ3v) is 4.54. The minimum absolute atomic E-state index is 0.0495. The first-order valence-corrected chi connectivity index (χ1v) is 8.88. The van der Waals surface area contributed by atoms with Gasteiger partial charge in [-0.2, -0.15) is 0 Å². The number of hydrogen-bond acceptors (Lipinski definition) is 3. The smallest absolute Gasteiger partial charge is 0.246 e. The van der Waals surface area contributed by atoms with Crippen molar-refractivity contribution in [2.45, 2.75) is 39.0 Å². The third-order valence-electron chi connectivity index (χ3n) is 4.54. The van der Waals surface area contributed by atoms with E-state index in [1.807, 2.05) is 43.1 Å². The lowest BCUT2D eigenvalue weighted by molar-refractivity contribution is -0.125. The molecule has 132 valence electrons. The predicted molar refractivity (Wildman–Crippen MR) is 97.4 cm³/mol. The molecule has 0 heterocycles. The molecular weight excluding hydrogens is 302 g/mol. The minimum atomic E-state index is 0.0495. The van der Waals surface area contributed by atoms with E-state index in [0.717, 1.165) is 17.9 Å². The molecule has 0 unspecified atom stereocenters. The van der Waals surface area contributed by atoms with Gasteiger partial charge in [0.25, 0.3) is 0 Å². The summed E-state index contributed by atoms with van der Waals surface area (Å²) in [6.45, 7) is 3.39. The highest BCUT2D eigenvalue weighted by molar-refractivity contribution is 5.91. The zero-order chi connectivity index (χ0) is 17.4. The van der Waals surface area contributed by atoms with E-state index < -0.39 is 0 Å². The number of nitrogens with zero attached hydrogens (tertiary/aromatic N) is 1. The summed E-state index contributed by atoms with van der Waals surface area (Å²) in [7, 11) is 3.51. The maximum atomic E-state index is 12.3. The zero-order valence-electron chi connectivity index (χ0n) is 15.1. The van der Waals surface area contributed by atoms with Gasteiger partial charge in [-0.1, -0.05) is 25.3 Å². The lowest BCUT2D eigenvalue weighted by Gasteiger charge is -2.26. The summed E-state index contributed by atoms with van der Waals surface area (Å²) in [6.07, 6.45) is 9.90. The molecule has 0 spiro atoms. The average Bonchev–Trinajstić information content (AvgIpc) is 2.61. The van der Waals surface area contributed by atoms with Crippen molar-refractivity contribution in [3.8, 4) is 11.5 Å². The van der Waals surface area contributed by atoms with Crippen LogP contribution in [0.25, 0.3) is 6.08 Å². The van der Waals surface area contributed by atoms with E-state index in [9.17, 15) is 4.79 Å². The molecular formula is C20H29NO3.